The Morgan fingerprint density at radius 2 is 1.70 bits per heavy atom. The molecule has 0 saturated carbocycles. The summed E-state index contributed by atoms with van der Waals surface area (Å²) in [6.45, 7) is 18.6. The molecule has 3 heterocycles. The van der Waals surface area contributed by atoms with Crippen LogP contribution in [-0.4, -0.2) is 102 Å². The summed E-state index contributed by atoms with van der Waals surface area (Å²) >= 11 is 3.26. The first kappa shape index (κ1) is 40.5. The molecule has 270 valence electrons. The van der Waals surface area contributed by atoms with Gasteiger partial charge in [-0.2, -0.15) is 0 Å². The predicted octanol–water partition coefficient (Wildman–Crippen LogP) is 6.42. The molecule has 0 aromatic rings. The molecule has 12 heteroatoms. The van der Waals surface area contributed by atoms with Gasteiger partial charge in [0, 0.05) is 46.5 Å². The number of ether oxygens (including phenoxy) is 7. The first-order valence-electron chi connectivity index (χ1n) is 16.7. The van der Waals surface area contributed by atoms with E-state index in [9.17, 15) is 9.90 Å². The molecule has 3 rings (SSSR count). The molecule has 0 radical (unpaired) electrons. The van der Waals surface area contributed by atoms with Crippen molar-refractivity contribution >= 4 is 30.2 Å². The summed E-state index contributed by atoms with van der Waals surface area (Å²) in [5.74, 6) is -3.63. The standard InChI is InChI=1S/C35H59BrO10Si/c1-21-17-25(15-13-14-16-36)43-32(37)23(3)35(38)20-28(22(2)27(45-35)19-26(18-21)39-8)44-33-31(41-10)30(29(40-9)24(4)42-33)46-47(11,12)34(5,6)7/h13-16,18,22-31,33,38H,17,19-20H2,1-12H3/b15-13+,16-14+,21-18+/t22-,23+,24-,25-,26+,27-,28-,29-,30+,31+,33-,35-/m0/s1. The molecule has 2 fully saturated rings. The second-order valence-corrected chi connectivity index (χ2v) is 20.1. The van der Waals surface area contributed by atoms with Gasteiger partial charge in [0.15, 0.2) is 20.4 Å². The second-order valence-electron chi connectivity index (χ2n) is 14.8. The zero-order valence-corrected chi connectivity index (χ0v) is 32.9. The summed E-state index contributed by atoms with van der Waals surface area (Å²) in [7, 11) is 2.67. The monoisotopic (exact) mass is 746 g/mol. The fourth-order valence-electron chi connectivity index (χ4n) is 6.30. The van der Waals surface area contributed by atoms with Gasteiger partial charge < -0.3 is 42.7 Å². The summed E-state index contributed by atoms with van der Waals surface area (Å²) in [6, 6.07) is 0. The Labute approximate surface area is 291 Å². The van der Waals surface area contributed by atoms with E-state index in [2.05, 4.69) is 49.8 Å². The maximum atomic E-state index is 13.6. The maximum Gasteiger partial charge on any atom is 0.314 e. The average Bonchev–Trinajstić information content (AvgIpc) is 2.97. The molecule has 2 saturated heterocycles. The summed E-state index contributed by atoms with van der Waals surface area (Å²) in [5, 5.41) is 12.1. The smallest absolute Gasteiger partial charge is 0.314 e. The minimum atomic E-state index is -2.26. The molecule has 0 aromatic carbocycles. The van der Waals surface area contributed by atoms with Crippen LogP contribution in [-0.2, 0) is 42.4 Å². The molecule has 0 aliphatic carbocycles. The normalized spacial score (nSPS) is 40.9. The molecule has 0 aromatic heterocycles. The Bertz CT molecular complexity index is 1120. The van der Waals surface area contributed by atoms with Crippen LogP contribution in [0.25, 0.3) is 0 Å². The molecule has 12 atom stereocenters. The molecule has 3 aliphatic heterocycles. The van der Waals surface area contributed by atoms with Gasteiger partial charge in [0.25, 0.3) is 0 Å². The highest BCUT2D eigenvalue weighted by Crippen LogP contribution is 2.44. The number of fused-ring (bicyclic) bond motifs is 2. The third kappa shape index (κ3) is 9.86. The Morgan fingerprint density at radius 1 is 1.04 bits per heavy atom. The zero-order chi connectivity index (χ0) is 35.3. The van der Waals surface area contributed by atoms with Crippen molar-refractivity contribution in [2.45, 2.75) is 147 Å². The third-order valence-electron chi connectivity index (χ3n) is 10.4. The van der Waals surface area contributed by atoms with E-state index in [0.717, 1.165) is 5.57 Å². The van der Waals surface area contributed by atoms with E-state index in [1.165, 1.54) is 0 Å². The molecule has 3 aliphatic rings. The van der Waals surface area contributed by atoms with Gasteiger partial charge in [0.1, 0.15) is 30.3 Å². The number of allylic oxidation sites excluding steroid dienone is 2. The molecule has 0 unspecified atom stereocenters. The average molecular weight is 748 g/mol. The van der Waals surface area contributed by atoms with Crippen LogP contribution in [0.15, 0.2) is 34.9 Å². The maximum absolute atomic E-state index is 13.6. The fourth-order valence-corrected chi connectivity index (χ4v) is 7.78. The van der Waals surface area contributed by atoms with Gasteiger partial charge in [-0.3, -0.25) is 4.79 Å². The number of rotatable bonds is 9. The second kappa shape index (κ2) is 16.9. The molecular formula is C35H59BrO10Si. The first-order chi connectivity index (χ1) is 21.9. The predicted molar refractivity (Wildman–Crippen MR) is 187 cm³/mol. The number of cyclic esters (lactones) is 1. The molecule has 47 heavy (non-hydrogen) atoms. The Morgan fingerprint density at radius 3 is 2.28 bits per heavy atom. The van der Waals surface area contributed by atoms with Gasteiger partial charge in [-0.15, -0.1) is 0 Å². The van der Waals surface area contributed by atoms with E-state index in [-0.39, 0.29) is 35.7 Å². The number of carbonyl (C=O) groups is 1. The van der Waals surface area contributed by atoms with E-state index < -0.39 is 62.8 Å². The zero-order valence-electron chi connectivity index (χ0n) is 30.4. The molecule has 1 N–H and O–H groups in total. The highest BCUT2D eigenvalue weighted by molar-refractivity contribution is 9.11. The SMILES string of the molecule is CO[C@@H]1[C@@H](O[Si](C)(C)C(C)(C)C)[C@@H](OC)[C@H](O[C@H]2C[C@]3(O)O[C@@H](C[C@H](OC)/C=C(\C)C[C@H](/C=C/C=C/Br)OC(=O)[C@H]3C)[C@@H]2C)O[C@H]1C. The fraction of sp³-hybridized carbons (Fsp3) is 0.800. The number of hydrogen-bond donors (Lipinski definition) is 1. The van der Waals surface area contributed by atoms with E-state index in [0.29, 0.717) is 12.8 Å². The number of hydrogen-bond acceptors (Lipinski definition) is 10. The topological polar surface area (TPSA) is 111 Å². The van der Waals surface area contributed by atoms with Crippen LogP contribution in [0.2, 0.25) is 18.1 Å². The van der Waals surface area contributed by atoms with Crippen LogP contribution in [0.1, 0.15) is 67.7 Å². The quantitative estimate of drug-likeness (QED) is 0.123. The lowest BCUT2D eigenvalue weighted by atomic mass is 9.81. The minimum absolute atomic E-state index is 0.0203. The first-order valence-corrected chi connectivity index (χ1v) is 20.5. The Balaban J connectivity index is 1.98. The number of halogens is 1. The largest absolute Gasteiger partial charge is 0.457 e. The van der Waals surface area contributed by atoms with Gasteiger partial charge in [0.05, 0.1) is 24.4 Å². The number of carbonyl (C=O) groups excluding carboxylic acids is 1. The molecular weight excluding hydrogens is 688 g/mol. The van der Waals surface area contributed by atoms with Crippen LogP contribution in [0.3, 0.4) is 0 Å². The Hall–Kier alpha value is -0.933. The summed E-state index contributed by atoms with van der Waals surface area (Å²) in [5.41, 5.74) is 1.01. The van der Waals surface area contributed by atoms with Crippen molar-refractivity contribution in [2.75, 3.05) is 21.3 Å². The van der Waals surface area contributed by atoms with Gasteiger partial charge >= 0.3 is 5.97 Å². The lowest BCUT2D eigenvalue weighted by molar-refractivity contribution is -0.353. The number of esters is 1. The van der Waals surface area contributed by atoms with Crippen LogP contribution < -0.4 is 0 Å². The molecule has 0 spiro atoms. The van der Waals surface area contributed by atoms with Crippen molar-refractivity contribution in [3.8, 4) is 0 Å². The van der Waals surface area contributed by atoms with Crippen LogP contribution in [0.4, 0.5) is 0 Å². The molecule has 10 nitrogen and oxygen atoms in total. The summed E-state index contributed by atoms with van der Waals surface area (Å²) in [4.78, 5) is 15.3. The van der Waals surface area contributed by atoms with E-state index in [4.69, 9.17) is 37.6 Å². The van der Waals surface area contributed by atoms with Crippen LogP contribution in [0, 0.1) is 11.8 Å². The summed E-state index contributed by atoms with van der Waals surface area (Å²) < 4.78 is 50.3. The highest BCUT2D eigenvalue weighted by Gasteiger charge is 2.55. The van der Waals surface area contributed by atoms with Crippen molar-refractivity contribution in [3.63, 3.8) is 0 Å². The van der Waals surface area contributed by atoms with E-state index in [1.807, 2.05) is 39.0 Å². The van der Waals surface area contributed by atoms with Crippen molar-refractivity contribution in [1.82, 2.24) is 0 Å². The Kier molecular flexibility index (Phi) is 14.5. The van der Waals surface area contributed by atoms with Gasteiger partial charge in [-0.1, -0.05) is 67.4 Å². The van der Waals surface area contributed by atoms with Gasteiger partial charge in [0.2, 0.25) is 0 Å². The van der Waals surface area contributed by atoms with Crippen molar-refractivity contribution in [1.29, 1.82) is 0 Å². The van der Waals surface area contributed by atoms with Crippen LogP contribution >= 0.6 is 15.9 Å². The highest BCUT2D eigenvalue weighted by atomic mass is 79.9. The van der Waals surface area contributed by atoms with Crippen LogP contribution in [0.5, 0.6) is 0 Å². The molecule has 2 bridgehead atoms. The van der Waals surface area contributed by atoms with E-state index >= 15 is 0 Å². The lowest BCUT2D eigenvalue weighted by Crippen LogP contribution is -2.64. The third-order valence-corrected chi connectivity index (χ3v) is 15.2. The number of methoxy groups -OCH3 is 3. The van der Waals surface area contributed by atoms with Gasteiger partial charge in [-0.25, -0.2) is 0 Å². The van der Waals surface area contributed by atoms with Gasteiger partial charge in [-0.05, 0) is 50.0 Å². The van der Waals surface area contributed by atoms with Crippen molar-refractivity contribution in [3.05, 3.63) is 34.9 Å². The number of aliphatic hydroxyl groups is 1. The van der Waals surface area contributed by atoms with Crippen molar-refractivity contribution < 1.29 is 47.5 Å². The van der Waals surface area contributed by atoms with Crippen molar-refractivity contribution in [2.24, 2.45) is 11.8 Å². The summed E-state index contributed by atoms with van der Waals surface area (Å²) in [6.07, 6.45) is 3.87. The minimum Gasteiger partial charge on any atom is -0.457 e. The van der Waals surface area contributed by atoms with E-state index in [1.54, 1.807) is 39.3 Å². The molecule has 0 amide bonds. The lowest BCUT2D eigenvalue weighted by Gasteiger charge is -2.51.